The standard InChI is InChI=1S/C14H26N2O/c1-2-12-4-3-8-16(9-6-12)14(17)10-13-5-7-15-11-13/h12-13,15H,2-11H2,1H3. The van der Waals surface area contributed by atoms with E-state index in [9.17, 15) is 4.79 Å². The number of amides is 1. The molecule has 3 heteroatoms. The number of nitrogens with zero attached hydrogens (tertiary/aromatic N) is 1. The minimum atomic E-state index is 0.399. The Morgan fingerprint density at radius 2 is 2.12 bits per heavy atom. The molecule has 0 spiro atoms. The highest BCUT2D eigenvalue weighted by Gasteiger charge is 2.23. The Bertz CT molecular complexity index is 249. The van der Waals surface area contributed by atoms with Crippen molar-refractivity contribution in [2.24, 2.45) is 11.8 Å². The van der Waals surface area contributed by atoms with E-state index in [1.807, 2.05) is 0 Å². The van der Waals surface area contributed by atoms with Gasteiger partial charge in [-0.05, 0) is 50.6 Å². The summed E-state index contributed by atoms with van der Waals surface area (Å²) >= 11 is 0. The summed E-state index contributed by atoms with van der Waals surface area (Å²) in [4.78, 5) is 14.3. The normalized spacial score (nSPS) is 30.3. The van der Waals surface area contributed by atoms with Crippen molar-refractivity contribution in [3.05, 3.63) is 0 Å². The van der Waals surface area contributed by atoms with Gasteiger partial charge < -0.3 is 10.2 Å². The van der Waals surface area contributed by atoms with E-state index in [1.165, 1.54) is 32.1 Å². The SMILES string of the molecule is CCC1CCCN(C(=O)CC2CCNC2)CC1. The van der Waals surface area contributed by atoms with Crippen LogP contribution in [-0.2, 0) is 4.79 Å². The lowest BCUT2D eigenvalue weighted by Gasteiger charge is -2.22. The van der Waals surface area contributed by atoms with Crippen LogP contribution in [0.4, 0.5) is 0 Å². The zero-order valence-corrected chi connectivity index (χ0v) is 11.1. The molecule has 2 aliphatic heterocycles. The highest BCUT2D eigenvalue weighted by Crippen LogP contribution is 2.22. The average molecular weight is 238 g/mol. The molecule has 2 unspecified atom stereocenters. The van der Waals surface area contributed by atoms with Gasteiger partial charge >= 0.3 is 0 Å². The first-order chi connectivity index (χ1) is 8.29. The van der Waals surface area contributed by atoms with Crippen LogP contribution in [0.1, 0.15) is 45.4 Å². The van der Waals surface area contributed by atoms with Gasteiger partial charge in [0.05, 0.1) is 0 Å². The molecule has 3 nitrogen and oxygen atoms in total. The minimum Gasteiger partial charge on any atom is -0.343 e. The number of hydrogen-bond donors (Lipinski definition) is 1. The topological polar surface area (TPSA) is 32.3 Å². The van der Waals surface area contributed by atoms with Crippen LogP contribution in [0.25, 0.3) is 0 Å². The Balaban J connectivity index is 1.78. The van der Waals surface area contributed by atoms with Gasteiger partial charge in [0.2, 0.25) is 5.91 Å². The third-order valence-corrected chi connectivity index (χ3v) is 4.40. The molecule has 0 bridgehead atoms. The number of carbonyl (C=O) groups is 1. The van der Waals surface area contributed by atoms with Gasteiger partial charge in [0, 0.05) is 19.5 Å². The molecular formula is C14H26N2O. The summed E-state index contributed by atoms with van der Waals surface area (Å²) < 4.78 is 0. The summed E-state index contributed by atoms with van der Waals surface area (Å²) in [5.41, 5.74) is 0. The van der Waals surface area contributed by atoms with Gasteiger partial charge in [0.15, 0.2) is 0 Å². The highest BCUT2D eigenvalue weighted by molar-refractivity contribution is 5.76. The van der Waals surface area contributed by atoms with E-state index in [0.29, 0.717) is 11.8 Å². The predicted molar refractivity (Wildman–Crippen MR) is 69.8 cm³/mol. The Hall–Kier alpha value is -0.570. The highest BCUT2D eigenvalue weighted by atomic mass is 16.2. The van der Waals surface area contributed by atoms with Crippen molar-refractivity contribution in [3.8, 4) is 0 Å². The molecule has 2 fully saturated rings. The van der Waals surface area contributed by atoms with Crippen LogP contribution in [0, 0.1) is 11.8 Å². The molecule has 98 valence electrons. The van der Waals surface area contributed by atoms with E-state index in [-0.39, 0.29) is 0 Å². The Morgan fingerprint density at radius 1 is 1.24 bits per heavy atom. The third-order valence-electron chi connectivity index (χ3n) is 4.40. The zero-order chi connectivity index (χ0) is 12.1. The molecule has 0 aliphatic carbocycles. The fourth-order valence-corrected chi connectivity index (χ4v) is 3.09. The Morgan fingerprint density at radius 3 is 2.82 bits per heavy atom. The average Bonchev–Trinajstić information content (AvgIpc) is 2.71. The maximum Gasteiger partial charge on any atom is 0.222 e. The van der Waals surface area contributed by atoms with Crippen LogP contribution in [0.15, 0.2) is 0 Å². The van der Waals surface area contributed by atoms with E-state index in [1.54, 1.807) is 0 Å². The van der Waals surface area contributed by atoms with E-state index >= 15 is 0 Å². The third kappa shape index (κ3) is 3.70. The second-order valence-corrected chi connectivity index (χ2v) is 5.65. The van der Waals surface area contributed by atoms with Crippen molar-refractivity contribution in [3.63, 3.8) is 0 Å². The number of likely N-dealkylation sites (tertiary alicyclic amines) is 1. The molecule has 17 heavy (non-hydrogen) atoms. The van der Waals surface area contributed by atoms with Crippen LogP contribution in [0.5, 0.6) is 0 Å². The van der Waals surface area contributed by atoms with E-state index < -0.39 is 0 Å². The van der Waals surface area contributed by atoms with Crippen LogP contribution in [0.2, 0.25) is 0 Å². The molecule has 1 N–H and O–H groups in total. The van der Waals surface area contributed by atoms with Gasteiger partial charge in [-0.15, -0.1) is 0 Å². The molecule has 2 aliphatic rings. The van der Waals surface area contributed by atoms with Gasteiger partial charge in [0.25, 0.3) is 0 Å². The summed E-state index contributed by atoms with van der Waals surface area (Å²) in [5, 5.41) is 3.34. The summed E-state index contributed by atoms with van der Waals surface area (Å²) in [7, 11) is 0. The summed E-state index contributed by atoms with van der Waals surface area (Å²) in [5.74, 6) is 1.84. The summed E-state index contributed by atoms with van der Waals surface area (Å²) in [6.45, 7) is 6.40. The number of nitrogens with one attached hydrogen (secondary N) is 1. The van der Waals surface area contributed by atoms with Crippen LogP contribution < -0.4 is 5.32 Å². The van der Waals surface area contributed by atoms with Crippen molar-refractivity contribution in [1.82, 2.24) is 10.2 Å². The maximum absolute atomic E-state index is 12.2. The second kappa shape index (κ2) is 6.39. The molecule has 2 saturated heterocycles. The van der Waals surface area contributed by atoms with Crippen LogP contribution in [0.3, 0.4) is 0 Å². The monoisotopic (exact) mass is 238 g/mol. The van der Waals surface area contributed by atoms with Crippen molar-refractivity contribution in [1.29, 1.82) is 0 Å². The predicted octanol–water partition coefficient (Wildman–Crippen LogP) is 2.02. The fourth-order valence-electron chi connectivity index (χ4n) is 3.09. The molecule has 2 rings (SSSR count). The fraction of sp³-hybridized carbons (Fsp3) is 0.929. The molecule has 2 atom stereocenters. The number of hydrogen-bond acceptors (Lipinski definition) is 2. The van der Waals surface area contributed by atoms with Gasteiger partial charge in [0.1, 0.15) is 0 Å². The van der Waals surface area contributed by atoms with Gasteiger partial charge in [-0.2, -0.15) is 0 Å². The van der Waals surface area contributed by atoms with Crippen molar-refractivity contribution in [2.75, 3.05) is 26.2 Å². The smallest absolute Gasteiger partial charge is 0.222 e. The lowest BCUT2D eigenvalue weighted by Crippen LogP contribution is -2.33. The lowest BCUT2D eigenvalue weighted by molar-refractivity contribution is -0.132. The molecule has 1 amide bonds. The van der Waals surface area contributed by atoms with E-state index in [2.05, 4.69) is 17.1 Å². The molecule has 0 saturated carbocycles. The Kier molecular flexibility index (Phi) is 4.84. The minimum absolute atomic E-state index is 0.399. The first-order valence-electron chi connectivity index (χ1n) is 7.28. The van der Waals surface area contributed by atoms with E-state index in [4.69, 9.17) is 0 Å². The summed E-state index contributed by atoms with van der Waals surface area (Å²) in [6, 6.07) is 0. The quantitative estimate of drug-likeness (QED) is 0.816. The largest absolute Gasteiger partial charge is 0.343 e. The molecule has 0 radical (unpaired) electrons. The first-order valence-corrected chi connectivity index (χ1v) is 7.28. The van der Waals surface area contributed by atoms with Crippen LogP contribution >= 0.6 is 0 Å². The van der Waals surface area contributed by atoms with E-state index in [0.717, 1.165) is 38.5 Å². The molecule has 0 aromatic heterocycles. The van der Waals surface area contributed by atoms with Gasteiger partial charge in [-0.1, -0.05) is 13.3 Å². The maximum atomic E-state index is 12.2. The first kappa shape index (κ1) is 12.9. The van der Waals surface area contributed by atoms with Crippen LogP contribution in [-0.4, -0.2) is 37.0 Å². The number of carbonyl (C=O) groups excluding carboxylic acids is 1. The van der Waals surface area contributed by atoms with Crippen molar-refractivity contribution >= 4 is 5.91 Å². The zero-order valence-electron chi connectivity index (χ0n) is 11.1. The molecule has 0 aromatic carbocycles. The number of rotatable bonds is 3. The molecule has 2 heterocycles. The molecular weight excluding hydrogens is 212 g/mol. The molecule has 0 aromatic rings. The Labute approximate surface area is 105 Å². The summed E-state index contributed by atoms with van der Waals surface area (Å²) in [6.07, 6.45) is 6.94. The van der Waals surface area contributed by atoms with Gasteiger partial charge in [-0.25, -0.2) is 0 Å². The van der Waals surface area contributed by atoms with Gasteiger partial charge in [-0.3, -0.25) is 4.79 Å². The lowest BCUT2D eigenvalue weighted by atomic mass is 9.98. The van der Waals surface area contributed by atoms with Crippen molar-refractivity contribution < 1.29 is 4.79 Å². The van der Waals surface area contributed by atoms with Crippen molar-refractivity contribution in [2.45, 2.75) is 45.4 Å². The second-order valence-electron chi connectivity index (χ2n) is 5.65.